The van der Waals surface area contributed by atoms with E-state index in [1.807, 2.05) is 13.2 Å². The van der Waals surface area contributed by atoms with E-state index in [2.05, 4.69) is 21.5 Å². The molecule has 0 saturated heterocycles. The first-order valence-electron chi connectivity index (χ1n) is 6.22. The summed E-state index contributed by atoms with van der Waals surface area (Å²) in [6.45, 7) is 5.74. The fraction of sp³-hybridized carbons (Fsp3) is 0.583. The molecule has 0 aromatic carbocycles. The maximum atomic E-state index is 12.0. The first-order valence-corrected chi connectivity index (χ1v) is 7.45. The second-order valence-corrected chi connectivity index (χ2v) is 4.96. The van der Waals surface area contributed by atoms with Gasteiger partial charge in [0.25, 0.3) is 0 Å². The van der Waals surface area contributed by atoms with Crippen molar-refractivity contribution in [3.8, 4) is 0 Å². The largest absolute Gasteiger partial charge is 0.350 e. The van der Waals surface area contributed by atoms with Crippen molar-refractivity contribution < 1.29 is 0 Å². The Morgan fingerprint density at radius 2 is 2.00 bits per heavy atom. The molecule has 0 bridgehead atoms. The summed E-state index contributed by atoms with van der Waals surface area (Å²) in [6.07, 6.45) is 5.68. The van der Waals surface area contributed by atoms with Gasteiger partial charge in [-0.15, -0.1) is 11.8 Å². The van der Waals surface area contributed by atoms with Crippen molar-refractivity contribution in [2.75, 3.05) is 6.26 Å². The van der Waals surface area contributed by atoms with Gasteiger partial charge >= 0.3 is 5.69 Å². The molecule has 0 radical (unpaired) electrons. The third-order valence-corrected chi connectivity index (χ3v) is 3.48. The van der Waals surface area contributed by atoms with Gasteiger partial charge in [-0.25, -0.2) is 9.78 Å². The molecule has 5 nitrogen and oxygen atoms in total. The van der Waals surface area contributed by atoms with E-state index < -0.39 is 0 Å². The van der Waals surface area contributed by atoms with Crippen LogP contribution in [0, 0.1) is 0 Å². The van der Waals surface area contributed by atoms with E-state index in [1.165, 1.54) is 11.8 Å². The molecule has 2 rings (SSSR count). The molecule has 0 atom stereocenters. The van der Waals surface area contributed by atoms with Crippen LogP contribution < -0.4 is 5.69 Å². The highest BCUT2D eigenvalue weighted by molar-refractivity contribution is 7.98. The fourth-order valence-electron chi connectivity index (χ4n) is 2.06. The lowest BCUT2D eigenvalue weighted by atomic mass is 10.4. The molecular weight excluding hydrogens is 248 g/mol. The molecule has 6 heteroatoms. The minimum Gasteiger partial charge on any atom is -0.327 e. The molecule has 0 aliphatic heterocycles. The van der Waals surface area contributed by atoms with Crippen LogP contribution in [-0.2, 0) is 13.1 Å². The fourth-order valence-corrected chi connectivity index (χ4v) is 2.63. The van der Waals surface area contributed by atoms with E-state index >= 15 is 0 Å². The van der Waals surface area contributed by atoms with Crippen LogP contribution in [0.4, 0.5) is 0 Å². The average molecular weight is 266 g/mol. The maximum absolute atomic E-state index is 12.0. The molecule has 2 heterocycles. The van der Waals surface area contributed by atoms with E-state index in [1.54, 1.807) is 10.9 Å². The summed E-state index contributed by atoms with van der Waals surface area (Å²) in [5.74, 6) is 0. The van der Waals surface area contributed by atoms with E-state index in [4.69, 9.17) is 0 Å². The molecule has 18 heavy (non-hydrogen) atoms. The van der Waals surface area contributed by atoms with Gasteiger partial charge in [-0.2, -0.15) is 4.98 Å². The number of nitrogens with zero attached hydrogens (tertiary/aromatic N) is 4. The van der Waals surface area contributed by atoms with Crippen molar-refractivity contribution in [3.05, 3.63) is 16.8 Å². The minimum atomic E-state index is -0.199. The van der Waals surface area contributed by atoms with E-state index in [0.717, 1.165) is 35.6 Å². The number of imidazole rings is 1. The normalized spacial score (nSPS) is 11.3. The highest BCUT2D eigenvalue weighted by Gasteiger charge is 2.14. The lowest BCUT2D eigenvalue weighted by Crippen LogP contribution is -2.24. The molecule has 0 aliphatic rings. The third-order valence-electron chi connectivity index (χ3n) is 2.81. The molecule has 0 spiro atoms. The van der Waals surface area contributed by atoms with Crippen molar-refractivity contribution in [2.45, 2.75) is 44.8 Å². The molecule has 0 fully saturated rings. The van der Waals surface area contributed by atoms with Gasteiger partial charge in [0.15, 0.2) is 5.65 Å². The van der Waals surface area contributed by atoms with Gasteiger partial charge in [-0.3, -0.25) is 4.57 Å². The minimum absolute atomic E-state index is 0.199. The summed E-state index contributed by atoms with van der Waals surface area (Å²) >= 11 is 1.50. The Bertz CT molecular complexity index is 602. The van der Waals surface area contributed by atoms with Gasteiger partial charge in [0.1, 0.15) is 10.5 Å². The summed E-state index contributed by atoms with van der Waals surface area (Å²) < 4.78 is 3.75. The smallest absolute Gasteiger partial charge is 0.327 e. The predicted molar refractivity (Wildman–Crippen MR) is 74.2 cm³/mol. The van der Waals surface area contributed by atoms with Crippen molar-refractivity contribution in [2.24, 2.45) is 0 Å². The lowest BCUT2D eigenvalue weighted by molar-refractivity contribution is 0.644. The molecule has 0 N–H and O–H groups in total. The maximum Gasteiger partial charge on any atom is 0.350 e. The van der Waals surface area contributed by atoms with Crippen molar-refractivity contribution in [3.63, 3.8) is 0 Å². The summed E-state index contributed by atoms with van der Waals surface area (Å²) in [5.41, 5.74) is 1.54. The molecule has 0 aliphatic carbocycles. The first-order chi connectivity index (χ1) is 8.72. The van der Waals surface area contributed by atoms with E-state index in [9.17, 15) is 4.79 Å². The average Bonchev–Trinajstić information content (AvgIpc) is 2.77. The van der Waals surface area contributed by atoms with Crippen LogP contribution in [0.3, 0.4) is 0 Å². The number of aromatic nitrogens is 4. The van der Waals surface area contributed by atoms with Crippen molar-refractivity contribution in [1.29, 1.82) is 0 Å². The van der Waals surface area contributed by atoms with Crippen molar-refractivity contribution >= 4 is 22.9 Å². The molecule has 0 saturated carbocycles. The molecule has 0 unspecified atom stereocenters. The van der Waals surface area contributed by atoms with Gasteiger partial charge in [-0.05, 0) is 19.1 Å². The topological polar surface area (TPSA) is 52.7 Å². The Morgan fingerprint density at radius 3 is 2.61 bits per heavy atom. The summed E-state index contributed by atoms with van der Waals surface area (Å²) in [7, 11) is 0. The van der Waals surface area contributed by atoms with Crippen LogP contribution >= 0.6 is 11.8 Å². The quantitative estimate of drug-likeness (QED) is 0.614. The second-order valence-electron chi connectivity index (χ2n) is 4.17. The van der Waals surface area contributed by atoms with Gasteiger partial charge < -0.3 is 4.57 Å². The van der Waals surface area contributed by atoms with E-state index in [0.29, 0.717) is 6.54 Å². The Balaban J connectivity index is 2.73. The Kier molecular flexibility index (Phi) is 4.06. The third kappa shape index (κ3) is 2.16. The standard InChI is InChI=1S/C12H18N4OS/c1-4-6-15-8-13-10-9(15)11(18-3)14-12(17)16(10)7-5-2/h8H,4-7H2,1-3H3. The van der Waals surface area contributed by atoms with Crippen LogP contribution in [0.15, 0.2) is 16.1 Å². The zero-order valence-corrected chi connectivity index (χ0v) is 11.8. The molecule has 98 valence electrons. The molecular formula is C12H18N4OS. The Morgan fingerprint density at radius 1 is 1.28 bits per heavy atom. The highest BCUT2D eigenvalue weighted by Crippen LogP contribution is 2.22. The molecule has 2 aromatic rings. The summed E-state index contributed by atoms with van der Waals surface area (Å²) in [4.78, 5) is 20.5. The lowest BCUT2D eigenvalue weighted by Gasteiger charge is -2.08. The zero-order valence-electron chi connectivity index (χ0n) is 11.0. The van der Waals surface area contributed by atoms with Gasteiger partial charge in [0.05, 0.1) is 6.33 Å². The number of thioether (sulfide) groups is 1. The summed E-state index contributed by atoms with van der Waals surface area (Å²) in [5, 5.41) is 0.772. The predicted octanol–water partition coefficient (Wildman–Crippen LogP) is 2.13. The van der Waals surface area contributed by atoms with Gasteiger partial charge in [-0.1, -0.05) is 13.8 Å². The Labute approximate surface area is 110 Å². The molecule has 2 aromatic heterocycles. The first kappa shape index (κ1) is 13.1. The van der Waals surface area contributed by atoms with Crippen LogP contribution in [0.25, 0.3) is 11.2 Å². The monoisotopic (exact) mass is 266 g/mol. The van der Waals surface area contributed by atoms with Crippen molar-refractivity contribution in [1.82, 2.24) is 19.1 Å². The number of fused-ring (bicyclic) bond motifs is 1. The number of hydrogen-bond donors (Lipinski definition) is 0. The zero-order chi connectivity index (χ0) is 13.1. The van der Waals surface area contributed by atoms with Crippen LogP contribution in [0.1, 0.15) is 26.7 Å². The second kappa shape index (κ2) is 5.56. The van der Waals surface area contributed by atoms with E-state index in [-0.39, 0.29) is 5.69 Å². The summed E-state index contributed by atoms with van der Waals surface area (Å²) in [6, 6.07) is 0. The SMILES string of the molecule is CCCn1cnc2c1c(SC)nc(=O)n2CCC. The van der Waals surface area contributed by atoms with Crippen LogP contribution in [-0.4, -0.2) is 25.4 Å². The van der Waals surface area contributed by atoms with Crippen LogP contribution in [0.5, 0.6) is 0 Å². The number of rotatable bonds is 5. The number of hydrogen-bond acceptors (Lipinski definition) is 4. The van der Waals surface area contributed by atoms with Gasteiger partial charge in [0.2, 0.25) is 0 Å². The van der Waals surface area contributed by atoms with Crippen LogP contribution in [0.2, 0.25) is 0 Å². The molecule has 0 amide bonds. The highest BCUT2D eigenvalue weighted by atomic mass is 32.2. The van der Waals surface area contributed by atoms with Gasteiger partial charge in [0, 0.05) is 13.1 Å². The number of aryl methyl sites for hydroxylation is 2. The Hall–Kier alpha value is -1.30.